The van der Waals surface area contributed by atoms with Gasteiger partial charge in [-0.15, -0.1) is 0 Å². The zero-order chi connectivity index (χ0) is 58.6. The third-order valence-electron chi connectivity index (χ3n) is 16.6. The van der Waals surface area contributed by atoms with Crippen LogP contribution in [-0.4, -0.2) is 118 Å². The first kappa shape index (κ1) is 60.9. The standard InChI is InChI=1S/C69H81NO15/c1-46-36-77-67(63(76-41-55-32-20-10-21-33-55)58(46)83-69-45-73-44-68(69,43-72-38-52-26-14-7-15-27-52)84-66(85-69)56-34-22-11-23-35-56)82-61-49(4)78-64(79-50(5)70)48(3)60(61)81-65-47(2)59(74-39-53-28-16-8-17-29-53)62(75-40-54-30-18-9-19-31-54)57(80-65)42-71-37-51-24-12-6-13-25-51/h6-35,46-49,57-67,70H,36-45H2,1-5H3/t46-,47-,48+,49?,57?,58?,59?,60?,61-,62-,63-,64-,65-,66-,67-,68?,69-/m1/s1. The molecule has 0 saturated carbocycles. The molecule has 0 bridgehead atoms. The van der Waals surface area contributed by atoms with Crippen molar-refractivity contribution < 1.29 is 71.1 Å². The summed E-state index contributed by atoms with van der Waals surface area (Å²) in [6.45, 7) is 11.9. The van der Waals surface area contributed by atoms with Crippen LogP contribution in [0.5, 0.6) is 0 Å². The number of nitrogens with one attached hydrogen (secondary N) is 1. The van der Waals surface area contributed by atoms with Crippen molar-refractivity contribution in [1.82, 2.24) is 0 Å². The highest BCUT2D eigenvalue weighted by Crippen LogP contribution is 2.52. The molecule has 6 aromatic rings. The molecule has 0 spiro atoms. The molecule has 5 aliphatic heterocycles. The van der Waals surface area contributed by atoms with Crippen LogP contribution < -0.4 is 0 Å². The summed E-state index contributed by atoms with van der Waals surface area (Å²) in [5, 5.41) is 8.46. The number of hydrogen-bond donors (Lipinski definition) is 1. The van der Waals surface area contributed by atoms with Crippen LogP contribution >= 0.6 is 0 Å². The molecule has 85 heavy (non-hydrogen) atoms. The Morgan fingerprint density at radius 1 is 0.494 bits per heavy atom. The van der Waals surface area contributed by atoms with Gasteiger partial charge in [0.1, 0.15) is 31.0 Å². The Morgan fingerprint density at radius 2 is 0.988 bits per heavy atom. The molecule has 452 valence electrons. The highest BCUT2D eigenvalue weighted by Gasteiger charge is 2.69. The smallest absolute Gasteiger partial charge is 0.229 e. The van der Waals surface area contributed by atoms with Gasteiger partial charge in [0, 0.05) is 30.2 Å². The van der Waals surface area contributed by atoms with Gasteiger partial charge in [-0.3, -0.25) is 5.41 Å². The first-order valence-electron chi connectivity index (χ1n) is 29.8. The average Bonchev–Trinajstić information content (AvgIpc) is 2.53. The van der Waals surface area contributed by atoms with Crippen LogP contribution in [0.3, 0.4) is 0 Å². The first-order chi connectivity index (χ1) is 41.5. The molecule has 0 radical (unpaired) electrons. The molecule has 5 heterocycles. The first-order valence-corrected chi connectivity index (χ1v) is 29.8. The van der Waals surface area contributed by atoms with Crippen LogP contribution in [0.1, 0.15) is 74.3 Å². The molecule has 0 aromatic heterocycles. The van der Waals surface area contributed by atoms with Crippen molar-refractivity contribution in [1.29, 1.82) is 5.41 Å². The zero-order valence-corrected chi connectivity index (χ0v) is 49.2. The van der Waals surface area contributed by atoms with Crippen LogP contribution in [0.25, 0.3) is 0 Å². The van der Waals surface area contributed by atoms with Gasteiger partial charge in [-0.1, -0.05) is 203 Å². The predicted octanol–water partition coefficient (Wildman–Crippen LogP) is 11.3. The average molecular weight is 1160 g/mol. The largest absolute Gasteiger partial charge is 0.452 e. The normalized spacial score (nSPS) is 32.8. The maximum atomic E-state index is 8.46. The summed E-state index contributed by atoms with van der Waals surface area (Å²) in [4.78, 5) is 0. The fourth-order valence-electron chi connectivity index (χ4n) is 12.0. The molecule has 5 saturated heterocycles. The molecule has 17 atom stereocenters. The monoisotopic (exact) mass is 1160 g/mol. The molecule has 5 aliphatic rings. The zero-order valence-electron chi connectivity index (χ0n) is 49.2. The molecular weight excluding hydrogens is 1080 g/mol. The van der Waals surface area contributed by atoms with E-state index < -0.39 is 97.2 Å². The number of benzene rings is 6. The van der Waals surface area contributed by atoms with E-state index in [2.05, 4.69) is 13.8 Å². The van der Waals surface area contributed by atoms with Gasteiger partial charge in [0.05, 0.1) is 83.9 Å². The van der Waals surface area contributed by atoms with Gasteiger partial charge in [0.2, 0.25) is 12.1 Å². The van der Waals surface area contributed by atoms with Gasteiger partial charge in [0.15, 0.2) is 30.4 Å². The molecule has 0 amide bonds. The minimum atomic E-state index is -1.45. The Morgan fingerprint density at radius 3 is 1.55 bits per heavy atom. The highest BCUT2D eigenvalue weighted by molar-refractivity contribution is 5.69. The lowest BCUT2D eigenvalue weighted by Crippen LogP contribution is -2.64. The third-order valence-corrected chi connectivity index (χ3v) is 16.6. The van der Waals surface area contributed by atoms with Crippen LogP contribution in [0.4, 0.5) is 0 Å². The van der Waals surface area contributed by atoms with Crippen LogP contribution in [-0.2, 0) is 104 Å². The molecule has 16 heteroatoms. The minimum absolute atomic E-state index is 0.00347. The lowest BCUT2D eigenvalue weighted by molar-refractivity contribution is -0.376. The molecular formula is C69H81NO15. The predicted molar refractivity (Wildman–Crippen MR) is 314 cm³/mol. The number of fused-ring (bicyclic) bond motifs is 1. The summed E-state index contributed by atoms with van der Waals surface area (Å²) in [5.41, 5.74) is 4.66. The van der Waals surface area contributed by atoms with E-state index in [1.54, 1.807) is 6.92 Å². The maximum Gasteiger partial charge on any atom is 0.229 e. The van der Waals surface area contributed by atoms with E-state index in [0.29, 0.717) is 26.4 Å². The van der Waals surface area contributed by atoms with Crippen molar-refractivity contribution in [2.24, 2.45) is 17.8 Å². The molecule has 6 aromatic carbocycles. The van der Waals surface area contributed by atoms with E-state index in [1.807, 2.05) is 196 Å². The molecule has 11 rings (SSSR count). The fraction of sp³-hybridized carbons (Fsp3) is 0.464. The quantitative estimate of drug-likeness (QED) is 0.0425. The van der Waals surface area contributed by atoms with Crippen molar-refractivity contribution in [2.45, 2.75) is 153 Å². The van der Waals surface area contributed by atoms with Gasteiger partial charge in [-0.05, 0) is 34.7 Å². The maximum absolute atomic E-state index is 8.46. The number of ether oxygens (including phenoxy) is 15. The summed E-state index contributed by atoms with van der Waals surface area (Å²) < 4.78 is 103. The second-order valence-electron chi connectivity index (χ2n) is 23.1. The highest BCUT2D eigenvalue weighted by atomic mass is 16.9. The molecule has 0 aliphatic carbocycles. The Kier molecular flexibility index (Phi) is 20.7. The van der Waals surface area contributed by atoms with Crippen LogP contribution in [0, 0.1) is 23.2 Å². The van der Waals surface area contributed by atoms with Gasteiger partial charge in [-0.2, -0.15) is 0 Å². The summed E-state index contributed by atoms with van der Waals surface area (Å²) in [5.74, 6) is -2.64. The summed E-state index contributed by atoms with van der Waals surface area (Å²) in [7, 11) is 0. The summed E-state index contributed by atoms with van der Waals surface area (Å²) in [6, 6.07) is 60.0. The van der Waals surface area contributed by atoms with E-state index >= 15 is 0 Å². The molecule has 16 nitrogen and oxygen atoms in total. The Labute approximate surface area is 499 Å². The van der Waals surface area contributed by atoms with Crippen molar-refractivity contribution >= 4 is 5.90 Å². The summed E-state index contributed by atoms with van der Waals surface area (Å²) >= 11 is 0. The van der Waals surface area contributed by atoms with E-state index in [1.165, 1.54) is 0 Å². The van der Waals surface area contributed by atoms with Gasteiger partial charge >= 0.3 is 0 Å². The third kappa shape index (κ3) is 14.8. The van der Waals surface area contributed by atoms with Gasteiger partial charge < -0.3 is 71.1 Å². The number of rotatable bonds is 25. The molecule has 5 fully saturated rings. The van der Waals surface area contributed by atoms with E-state index in [0.717, 1.165) is 33.4 Å². The van der Waals surface area contributed by atoms with Crippen molar-refractivity contribution in [3.8, 4) is 0 Å². The lowest BCUT2D eigenvalue weighted by atomic mass is 9.89. The Bertz CT molecular complexity index is 2960. The van der Waals surface area contributed by atoms with Crippen LogP contribution in [0.15, 0.2) is 182 Å². The number of hydrogen-bond acceptors (Lipinski definition) is 16. The molecule has 1 N–H and O–H groups in total. The Hall–Kier alpha value is -5.77. The van der Waals surface area contributed by atoms with Crippen LogP contribution in [0.2, 0.25) is 0 Å². The van der Waals surface area contributed by atoms with Crippen molar-refractivity contribution in [3.05, 3.63) is 215 Å². The van der Waals surface area contributed by atoms with Gasteiger partial charge in [0.25, 0.3) is 0 Å². The van der Waals surface area contributed by atoms with E-state index in [4.69, 9.17) is 76.5 Å². The molecule has 6 unspecified atom stereocenters. The SMILES string of the molecule is CC(=N)O[C@H]1OC(C)[C@@H](O[C@H]2OC[C@@H](C)C(O[C@@]34COCC3(COCc3ccccc3)O[C@@H](c3ccccc3)O4)[C@H]2OCc2ccccc2)C(O[C@H]2OC(COCc3ccccc3)[C@@H](OCc3ccccc3)C(OCc3ccccc3)[C@H]2C)[C@@H]1C. The second-order valence-corrected chi connectivity index (χ2v) is 23.1. The topological polar surface area (TPSA) is 162 Å². The lowest BCUT2D eigenvalue weighted by Gasteiger charge is -2.51. The van der Waals surface area contributed by atoms with E-state index in [-0.39, 0.29) is 51.5 Å². The second kappa shape index (κ2) is 28.8. The minimum Gasteiger partial charge on any atom is -0.452 e. The van der Waals surface area contributed by atoms with Crippen molar-refractivity contribution in [3.63, 3.8) is 0 Å². The van der Waals surface area contributed by atoms with Crippen molar-refractivity contribution in [2.75, 3.05) is 33.0 Å². The van der Waals surface area contributed by atoms with Gasteiger partial charge in [-0.25, -0.2) is 0 Å². The van der Waals surface area contributed by atoms with E-state index in [9.17, 15) is 0 Å². The Balaban J connectivity index is 0.907. The summed E-state index contributed by atoms with van der Waals surface area (Å²) in [6.07, 6.45) is -9.21. The fourth-order valence-corrected chi connectivity index (χ4v) is 12.0.